The van der Waals surface area contributed by atoms with Crippen molar-refractivity contribution in [2.75, 3.05) is 0 Å². The second-order valence-electron chi connectivity index (χ2n) is 5.20. The lowest BCUT2D eigenvalue weighted by Gasteiger charge is -2.12. The largest absolute Gasteiger partial charge is 0.489 e. The van der Waals surface area contributed by atoms with Crippen molar-refractivity contribution >= 4 is 10.8 Å². The molecule has 2 nitrogen and oxygen atoms in total. The third kappa shape index (κ3) is 2.91. The Bertz CT molecular complexity index is 757. The lowest BCUT2D eigenvalue weighted by atomic mass is 10.1. The van der Waals surface area contributed by atoms with Crippen LogP contribution in [-0.2, 0) is 13.2 Å². The summed E-state index contributed by atoms with van der Waals surface area (Å²) in [4.78, 5) is 0. The van der Waals surface area contributed by atoms with E-state index in [9.17, 15) is 5.11 Å². The average molecular weight is 278 g/mol. The highest BCUT2D eigenvalue weighted by Gasteiger charge is 2.05. The number of aryl methyl sites for hydroxylation is 1. The summed E-state index contributed by atoms with van der Waals surface area (Å²) < 4.78 is 5.92. The van der Waals surface area contributed by atoms with Gasteiger partial charge in [-0.05, 0) is 29.3 Å². The molecule has 3 aromatic rings. The van der Waals surface area contributed by atoms with Gasteiger partial charge in [0.2, 0.25) is 0 Å². The SMILES string of the molecule is Cc1ccc(OCc2cccc3ccccc23)c(CO)c1. The van der Waals surface area contributed by atoms with Gasteiger partial charge in [-0.3, -0.25) is 0 Å². The fourth-order valence-electron chi connectivity index (χ4n) is 2.55. The molecule has 2 heteroatoms. The van der Waals surface area contributed by atoms with Crippen molar-refractivity contribution in [1.82, 2.24) is 0 Å². The molecule has 0 heterocycles. The van der Waals surface area contributed by atoms with E-state index >= 15 is 0 Å². The van der Waals surface area contributed by atoms with Gasteiger partial charge in [0, 0.05) is 5.56 Å². The Morgan fingerprint density at radius 3 is 2.57 bits per heavy atom. The summed E-state index contributed by atoms with van der Waals surface area (Å²) in [6.45, 7) is 2.50. The number of rotatable bonds is 4. The molecule has 0 aliphatic heterocycles. The van der Waals surface area contributed by atoms with E-state index in [1.807, 2.05) is 43.3 Å². The van der Waals surface area contributed by atoms with Gasteiger partial charge in [-0.1, -0.05) is 60.2 Å². The summed E-state index contributed by atoms with van der Waals surface area (Å²) in [5, 5.41) is 11.9. The highest BCUT2D eigenvalue weighted by molar-refractivity contribution is 5.85. The van der Waals surface area contributed by atoms with E-state index in [0.29, 0.717) is 6.61 Å². The lowest BCUT2D eigenvalue weighted by Crippen LogP contribution is -1.99. The molecule has 0 fully saturated rings. The Hall–Kier alpha value is -2.32. The minimum absolute atomic E-state index is 0.00739. The maximum atomic E-state index is 9.43. The predicted molar refractivity (Wildman–Crippen MR) is 85.4 cm³/mol. The fraction of sp³-hybridized carbons (Fsp3) is 0.158. The molecule has 0 aromatic heterocycles. The van der Waals surface area contributed by atoms with Crippen LogP contribution < -0.4 is 4.74 Å². The first-order valence-corrected chi connectivity index (χ1v) is 7.08. The maximum absolute atomic E-state index is 9.43. The van der Waals surface area contributed by atoms with Crippen LogP contribution in [0.2, 0.25) is 0 Å². The van der Waals surface area contributed by atoms with E-state index in [1.165, 1.54) is 10.8 Å². The second kappa shape index (κ2) is 5.98. The molecule has 3 aromatic carbocycles. The van der Waals surface area contributed by atoms with Crippen LogP contribution in [-0.4, -0.2) is 5.11 Å². The highest BCUT2D eigenvalue weighted by Crippen LogP contribution is 2.24. The molecular weight excluding hydrogens is 260 g/mol. The van der Waals surface area contributed by atoms with E-state index in [2.05, 4.69) is 24.3 Å². The standard InChI is InChI=1S/C19H18O2/c1-14-9-10-19(17(11-14)12-20)21-13-16-7-4-6-15-5-2-3-8-18(15)16/h2-11,20H,12-13H2,1H3. The van der Waals surface area contributed by atoms with Gasteiger partial charge >= 0.3 is 0 Å². The fourth-order valence-corrected chi connectivity index (χ4v) is 2.55. The Morgan fingerprint density at radius 1 is 0.905 bits per heavy atom. The minimum atomic E-state index is -0.00739. The zero-order valence-electron chi connectivity index (χ0n) is 12.0. The van der Waals surface area contributed by atoms with Gasteiger partial charge in [0.05, 0.1) is 6.61 Å². The zero-order valence-corrected chi connectivity index (χ0v) is 12.0. The number of hydrogen-bond acceptors (Lipinski definition) is 2. The monoisotopic (exact) mass is 278 g/mol. The van der Waals surface area contributed by atoms with Gasteiger partial charge in [0.1, 0.15) is 12.4 Å². The Labute approximate surface area is 124 Å². The van der Waals surface area contributed by atoms with E-state index in [1.54, 1.807) is 0 Å². The van der Waals surface area contributed by atoms with Gasteiger partial charge in [0.15, 0.2) is 0 Å². The van der Waals surface area contributed by atoms with Crippen LogP contribution in [0.4, 0.5) is 0 Å². The van der Waals surface area contributed by atoms with Gasteiger partial charge in [-0.2, -0.15) is 0 Å². The van der Waals surface area contributed by atoms with Gasteiger partial charge in [0.25, 0.3) is 0 Å². The molecular formula is C19H18O2. The highest BCUT2D eigenvalue weighted by atomic mass is 16.5. The van der Waals surface area contributed by atoms with E-state index in [0.717, 1.165) is 22.4 Å². The summed E-state index contributed by atoms with van der Waals surface area (Å²) in [7, 11) is 0. The molecule has 106 valence electrons. The summed E-state index contributed by atoms with van der Waals surface area (Å²) >= 11 is 0. The lowest BCUT2D eigenvalue weighted by molar-refractivity contribution is 0.259. The molecule has 0 atom stereocenters. The molecule has 3 rings (SSSR count). The summed E-state index contributed by atoms with van der Waals surface area (Å²) in [6.07, 6.45) is 0. The van der Waals surface area contributed by atoms with Crippen molar-refractivity contribution in [3.8, 4) is 5.75 Å². The summed E-state index contributed by atoms with van der Waals surface area (Å²) in [5.41, 5.74) is 3.10. The summed E-state index contributed by atoms with van der Waals surface area (Å²) in [6, 6.07) is 20.4. The molecule has 0 saturated carbocycles. The number of aliphatic hydroxyl groups excluding tert-OH is 1. The van der Waals surface area contributed by atoms with Crippen LogP contribution in [0, 0.1) is 6.92 Å². The second-order valence-corrected chi connectivity index (χ2v) is 5.20. The van der Waals surface area contributed by atoms with Gasteiger partial charge in [-0.25, -0.2) is 0 Å². The molecule has 0 bridgehead atoms. The molecule has 21 heavy (non-hydrogen) atoms. The third-order valence-electron chi connectivity index (χ3n) is 3.65. The first kappa shape index (κ1) is 13.7. The number of ether oxygens (including phenoxy) is 1. The number of hydrogen-bond donors (Lipinski definition) is 1. The normalized spacial score (nSPS) is 10.8. The van der Waals surface area contributed by atoms with E-state index < -0.39 is 0 Å². The number of aliphatic hydroxyl groups is 1. The third-order valence-corrected chi connectivity index (χ3v) is 3.65. The molecule has 0 spiro atoms. The molecule has 0 amide bonds. The maximum Gasteiger partial charge on any atom is 0.125 e. The quantitative estimate of drug-likeness (QED) is 0.774. The topological polar surface area (TPSA) is 29.5 Å². The Balaban J connectivity index is 1.87. The molecule has 1 N–H and O–H groups in total. The van der Waals surface area contributed by atoms with Crippen LogP contribution in [0.3, 0.4) is 0 Å². The first-order valence-electron chi connectivity index (χ1n) is 7.08. The Morgan fingerprint density at radius 2 is 1.71 bits per heavy atom. The van der Waals surface area contributed by atoms with Crippen molar-refractivity contribution < 1.29 is 9.84 Å². The van der Waals surface area contributed by atoms with Crippen LogP contribution in [0.1, 0.15) is 16.7 Å². The van der Waals surface area contributed by atoms with Crippen LogP contribution in [0.15, 0.2) is 60.7 Å². The smallest absolute Gasteiger partial charge is 0.125 e. The van der Waals surface area contributed by atoms with Gasteiger partial charge in [-0.15, -0.1) is 0 Å². The van der Waals surface area contributed by atoms with Crippen molar-refractivity contribution in [2.45, 2.75) is 20.1 Å². The van der Waals surface area contributed by atoms with Gasteiger partial charge < -0.3 is 9.84 Å². The minimum Gasteiger partial charge on any atom is -0.489 e. The molecule has 0 radical (unpaired) electrons. The molecule has 0 saturated heterocycles. The number of fused-ring (bicyclic) bond motifs is 1. The van der Waals surface area contributed by atoms with Crippen LogP contribution >= 0.6 is 0 Å². The first-order chi connectivity index (χ1) is 10.3. The summed E-state index contributed by atoms with van der Waals surface area (Å²) in [5.74, 6) is 0.746. The average Bonchev–Trinajstić information content (AvgIpc) is 2.53. The molecule has 0 unspecified atom stereocenters. The Kier molecular flexibility index (Phi) is 3.89. The van der Waals surface area contributed by atoms with Crippen molar-refractivity contribution in [1.29, 1.82) is 0 Å². The molecule has 0 aliphatic carbocycles. The van der Waals surface area contributed by atoms with Crippen molar-refractivity contribution in [3.05, 3.63) is 77.4 Å². The van der Waals surface area contributed by atoms with Crippen molar-refractivity contribution in [3.63, 3.8) is 0 Å². The zero-order chi connectivity index (χ0) is 14.7. The van der Waals surface area contributed by atoms with E-state index in [-0.39, 0.29) is 6.61 Å². The van der Waals surface area contributed by atoms with Crippen molar-refractivity contribution in [2.24, 2.45) is 0 Å². The molecule has 0 aliphatic rings. The van der Waals surface area contributed by atoms with Crippen LogP contribution in [0.5, 0.6) is 5.75 Å². The number of benzene rings is 3. The van der Waals surface area contributed by atoms with E-state index in [4.69, 9.17) is 4.74 Å². The predicted octanol–water partition coefficient (Wildman–Crippen LogP) is 4.22. The van der Waals surface area contributed by atoms with Crippen LogP contribution in [0.25, 0.3) is 10.8 Å².